The van der Waals surface area contributed by atoms with Crippen LogP contribution in [0.5, 0.6) is 0 Å². The topological polar surface area (TPSA) is 0 Å². The van der Waals surface area contributed by atoms with Gasteiger partial charge in [0.2, 0.25) is 0 Å². The third kappa shape index (κ3) is 1.74. The van der Waals surface area contributed by atoms with Crippen molar-refractivity contribution in [1.29, 1.82) is 0 Å². The van der Waals surface area contributed by atoms with Crippen molar-refractivity contribution in [2.45, 2.75) is 38.9 Å². The summed E-state index contributed by atoms with van der Waals surface area (Å²) in [5.74, 6) is 1.72. The summed E-state index contributed by atoms with van der Waals surface area (Å²) in [6.07, 6.45) is 6.52. The molecule has 0 nitrogen and oxygen atoms in total. The van der Waals surface area contributed by atoms with Gasteiger partial charge in [-0.2, -0.15) is 0 Å². The zero-order chi connectivity index (χ0) is 6.69. The Morgan fingerprint density at radius 2 is 2.00 bits per heavy atom. The van der Waals surface area contributed by atoms with Gasteiger partial charge in [-0.3, -0.25) is 0 Å². The molecule has 9 heavy (non-hydrogen) atoms. The normalized spacial score (nSPS) is 36.6. The average molecular weight is 122 g/mol. The third-order valence-corrected chi connectivity index (χ3v) is 2.59. The molecule has 0 bridgehead atoms. The molecule has 1 rings (SSSR count). The molecule has 1 saturated carbocycles. The zero-order valence-electron chi connectivity index (χ0n) is 6.27. The summed E-state index contributed by atoms with van der Waals surface area (Å²) in [6, 6.07) is 0. The second-order valence-corrected chi connectivity index (χ2v) is 3.26. The molecular formula is C8H15B. The molecule has 0 saturated heterocycles. The molecule has 1 aliphatic carbocycles. The summed E-state index contributed by atoms with van der Waals surface area (Å²) in [6.45, 7) is 2.33. The van der Waals surface area contributed by atoms with Gasteiger partial charge in [0, 0.05) is 0 Å². The highest BCUT2D eigenvalue weighted by molar-refractivity contribution is 6.08. The van der Waals surface area contributed by atoms with Crippen molar-refractivity contribution in [3.63, 3.8) is 0 Å². The molecule has 2 atom stereocenters. The highest BCUT2D eigenvalue weighted by atomic mass is 14.2. The quantitative estimate of drug-likeness (QED) is 0.468. The zero-order valence-corrected chi connectivity index (χ0v) is 6.27. The smallest absolute Gasteiger partial charge is 0.0656 e. The molecule has 1 aliphatic rings. The van der Waals surface area contributed by atoms with E-state index in [0.717, 1.165) is 18.2 Å². The first-order valence-corrected chi connectivity index (χ1v) is 4.04. The largest absolute Gasteiger partial charge is 0.0857 e. The molecule has 0 aromatic heterocycles. The lowest BCUT2D eigenvalue weighted by Gasteiger charge is -2.27. The molecule has 1 heteroatoms. The summed E-state index contributed by atoms with van der Waals surface area (Å²) in [4.78, 5) is 0. The van der Waals surface area contributed by atoms with Crippen LogP contribution >= 0.6 is 0 Å². The number of rotatable bonds is 1. The maximum atomic E-state index is 5.59. The lowest BCUT2D eigenvalue weighted by atomic mass is 9.74. The predicted molar refractivity (Wildman–Crippen MR) is 41.7 cm³/mol. The van der Waals surface area contributed by atoms with Crippen LogP contribution in [0.1, 0.15) is 32.6 Å². The lowest BCUT2D eigenvalue weighted by Crippen LogP contribution is -2.15. The first-order chi connectivity index (χ1) is 4.34. The molecule has 1 unspecified atom stereocenters. The second kappa shape index (κ2) is 3.29. The van der Waals surface area contributed by atoms with Gasteiger partial charge in [0.15, 0.2) is 0 Å². The van der Waals surface area contributed by atoms with Gasteiger partial charge in [-0.05, 0) is 11.8 Å². The van der Waals surface area contributed by atoms with Gasteiger partial charge in [-0.1, -0.05) is 38.9 Å². The Hall–Kier alpha value is 0.0649. The van der Waals surface area contributed by atoms with Crippen LogP contribution < -0.4 is 0 Å². The third-order valence-electron chi connectivity index (χ3n) is 2.59. The van der Waals surface area contributed by atoms with Crippen LogP contribution in [0.15, 0.2) is 0 Å². The maximum Gasteiger partial charge on any atom is 0.0656 e. The average Bonchev–Trinajstić information content (AvgIpc) is 1.89. The van der Waals surface area contributed by atoms with Gasteiger partial charge in [-0.15, -0.1) is 0 Å². The Balaban J connectivity index is 2.30. The minimum Gasteiger partial charge on any atom is -0.0857 e. The van der Waals surface area contributed by atoms with Gasteiger partial charge in [-0.25, -0.2) is 0 Å². The van der Waals surface area contributed by atoms with Gasteiger partial charge in [0.1, 0.15) is 0 Å². The molecule has 0 aliphatic heterocycles. The fraction of sp³-hybridized carbons (Fsp3) is 1.00. The second-order valence-electron chi connectivity index (χ2n) is 3.26. The number of hydrogen-bond acceptors (Lipinski definition) is 0. The SMILES string of the molecule is [B]CC1CCCC[C@H]1C. The molecular weight excluding hydrogens is 107 g/mol. The lowest BCUT2D eigenvalue weighted by molar-refractivity contribution is 0.277. The van der Waals surface area contributed by atoms with Crippen molar-refractivity contribution in [2.75, 3.05) is 0 Å². The molecule has 0 heterocycles. The van der Waals surface area contributed by atoms with Crippen molar-refractivity contribution in [1.82, 2.24) is 0 Å². The summed E-state index contributed by atoms with van der Waals surface area (Å²) in [7, 11) is 5.59. The van der Waals surface area contributed by atoms with Crippen molar-refractivity contribution in [3.8, 4) is 0 Å². The minimum atomic E-state index is 0.832. The highest BCUT2D eigenvalue weighted by Gasteiger charge is 2.18. The van der Waals surface area contributed by atoms with Gasteiger partial charge < -0.3 is 0 Å². The van der Waals surface area contributed by atoms with Crippen molar-refractivity contribution in [2.24, 2.45) is 11.8 Å². The Morgan fingerprint density at radius 1 is 1.33 bits per heavy atom. The molecule has 1 fully saturated rings. The predicted octanol–water partition coefficient (Wildman–Crippen LogP) is 2.40. The van der Waals surface area contributed by atoms with Crippen LogP contribution in [-0.4, -0.2) is 7.85 Å². The molecule has 0 spiro atoms. The van der Waals surface area contributed by atoms with Gasteiger partial charge in [0.25, 0.3) is 0 Å². The van der Waals surface area contributed by atoms with E-state index in [4.69, 9.17) is 7.85 Å². The fourth-order valence-electron chi connectivity index (χ4n) is 1.74. The van der Waals surface area contributed by atoms with Crippen LogP contribution in [-0.2, 0) is 0 Å². The van der Waals surface area contributed by atoms with Crippen LogP contribution in [0.3, 0.4) is 0 Å². The van der Waals surface area contributed by atoms with Gasteiger partial charge in [0.05, 0.1) is 7.85 Å². The maximum absolute atomic E-state index is 5.59. The Kier molecular flexibility index (Phi) is 2.62. The van der Waals surface area contributed by atoms with Crippen LogP contribution in [0.4, 0.5) is 0 Å². The first kappa shape index (κ1) is 7.18. The monoisotopic (exact) mass is 122 g/mol. The van der Waals surface area contributed by atoms with E-state index in [1.54, 1.807) is 0 Å². The van der Waals surface area contributed by atoms with Crippen molar-refractivity contribution in [3.05, 3.63) is 0 Å². The van der Waals surface area contributed by atoms with E-state index in [1.807, 2.05) is 0 Å². The Labute approximate surface area is 59.4 Å². The number of hydrogen-bond donors (Lipinski definition) is 0. The molecule has 50 valence electrons. The van der Waals surface area contributed by atoms with Crippen molar-refractivity contribution >= 4 is 7.85 Å². The molecule has 2 radical (unpaired) electrons. The van der Waals surface area contributed by atoms with Gasteiger partial charge >= 0.3 is 0 Å². The van der Waals surface area contributed by atoms with Crippen LogP contribution in [0.2, 0.25) is 6.32 Å². The summed E-state index contributed by atoms with van der Waals surface area (Å²) < 4.78 is 0. The molecule has 0 amide bonds. The van der Waals surface area contributed by atoms with E-state index < -0.39 is 0 Å². The van der Waals surface area contributed by atoms with E-state index >= 15 is 0 Å². The van der Waals surface area contributed by atoms with Crippen molar-refractivity contribution < 1.29 is 0 Å². The summed E-state index contributed by atoms with van der Waals surface area (Å²) >= 11 is 0. The standard InChI is InChI=1S/C8H15B/c1-7-4-2-3-5-8(7)6-9/h7-8H,2-6H2,1H3/t7-,8?/m1/s1. The summed E-state index contributed by atoms with van der Waals surface area (Å²) in [5.41, 5.74) is 0. The van der Waals surface area contributed by atoms with E-state index in [9.17, 15) is 0 Å². The molecule has 0 aromatic rings. The fourth-order valence-corrected chi connectivity index (χ4v) is 1.74. The van der Waals surface area contributed by atoms with Crippen LogP contribution in [0.25, 0.3) is 0 Å². The summed E-state index contributed by atoms with van der Waals surface area (Å²) in [5, 5.41) is 0. The Bertz CT molecular complexity index is 80.6. The Morgan fingerprint density at radius 3 is 2.44 bits per heavy atom. The molecule has 0 N–H and O–H groups in total. The van der Waals surface area contributed by atoms with E-state index in [-0.39, 0.29) is 0 Å². The van der Waals surface area contributed by atoms with Crippen LogP contribution in [0, 0.1) is 11.8 Å². The highest BCUT2D eigenvalue weighted by Crippen LogP contribution is 2.30. The minimum absolute atomic E-state index is 0.832. The molecule has 0 aromatic carbocycles. The van der Waals surface area contributed by atoms with E-state index in [0.29, 0.717) is 0 Å². The van der Waals surface area contributed by atoms with E-state index in [2.05, 4.69) is 6.92 Å². The first-order valence-electron chi connectivity index (χ1n) is 4.04. The van der Waals surface area contributed by atoms with E-state index in [1.165, 1.54) is 25.7 Å².